The fraction of sp³-hybridized carbons (Fsp3) is 0.125. The molecule has 166 valence electrons. The summed E-state index contributed by atoms with van der Waals surface area (Å²) in [5.41, 5.74) is 5.89. The second kappa shape index (κ2) is 9.17. The first-order chi connectivity index (χ1) is 16.1. The molecule has 3 aromatic carbocycles. The Kier molecular flexibility index (Phi) is 5.93. The number of hydrogen-bond donors (Lipinski definition) is 2. The van der Waals surface area contributed by atoms with Crippen molar-refractivity contribution >= 4 is 35.0 Å². The van der Waals surface area contributed by atoms with Crippen LogP contribution in [-0.2, 0) is 4.79 Å². The van der Waals surface area contributed by atoms with Gasteiger partial charge in [0, 0.05) is 5.56 Å². The molecule has 2 heterocycles. The van der Waals surface area contributed by atoms with E-state index in [0.29, 0.717) is 21.7 Å². The predicted molar refractivity (Wildman–Crippen MR) is 130 cm³/mol. The Morgan fingerprint density at radius 1 is 1.03 bits per heavy atom. The smallest absolute Gasteiger partial charge is 0.240 e. The van der Waals surface area contributed by atoms with Crippen molar-refractivity contribution in [2.24, 2.45) is 0 Å². The molecule has 2 N–H and O–H groups in total. The molecule has 7 nitrogen and oxygen atoms in total. The van der Waals surface area contributed by atoms with Gasteiger partial charge in [0.2, 0.25) is 11.1 Å². The predicted octanol–water partition coefficient (Wildman–Crippen LogP) is 5.00. The molecular formula is C24H20ClN5O2S. The Morgan fingerprint density at radius 2 is 1.76 bits per heavy atom. The van der Waals surface area contributed by atoms with E-state index >= 15 is 0 Å². The lowest BCUT2D eigenvalue weighted by Crippen LogP contribution is -2.41. The number of halogens is 1. The van der Waals surface area contributed by atoms with Gasteiger partial charge in [-0.05, 0) is 29.8 Å². The van der Waals surface area contributed by atoms with Crippen molar-refractivity contribution in [3.63, 3.8) is 0 Å². The van der Waals surface area contributed by atoms with Crippen LogP contribution in [0.1, 0.15) is 11.6 Å². The normalized spacial score (nSPS) is 17.0. The van der Waals surface area contributed by atoms with Crippen LogP contribution in [-0.4, -0.2) is 33.1 Å². The number of thioether (sulfide) groups is 1. The van der Waals surface area contributed by atoms with Gasteiger partial charge in [0.05, 0.1) is 23.9 Å². The molecule has 9 heteroatoms. The van der Waals surface area contributed by atoms with Gasteiger partial charge in [-0.15, -0.1) is 10.2 Å². The highest BCUT2D eigenvalue weighted by Crippen LogP contribution is 2.39. The Morgan fingerprint density at radius 3 is 2.48 bits per heavy atom. The number of aromatic nitrogens is 3. The molecule has 1 aromatic heterocycles. The fourth-order valence-corrected chi connectivity index (χ4v) is 4.92. The van der Waals surface area contributed by atoms with Gasteiger partial charge in [0.15, 0.2) is 5.82 Å². The monoisotopic (exact) mass is 477 g/mol. The number of nitrogens with zero attached hydrogens (tertiary/aromatic N) is 3. The molecule has 0 saturated carbocycles. The van der Waals surface area contributed by atoms with Gasteiger partial charge in [-0.3, -0.25) is 4.79 Å². The van der Waals surface area contributed by atoms with Crippen LogP contribution in [0.5, 0.6) is 5.75 Å². The third-order valence-corrected chi connectivity index (χ3v) is 6.88. The summed E-state index contributed by atoms with van der Waals surface area (Å²) in [6.07, 6.45) is 0. The number of benzene rings is 3. The number of ether oxygens (including phenoxy) is 1. The summed E-state index contributed by atoms with van der Waals surface area (Å²) in [5.74, 6) is 1.24. The minimum Gasteiger partial charge on any atom is -0.497 e. The number of nitrogens with one attached hydrogen (secondary N) is 2. The van der Waals surface area contributed by atoms with Crippen LogP contribution >= 0.6 is 23.4 Å². The van der Waals surface area contributed by atoms with Gasteiger partial charge in [-0.25, -0.2) is 4.68 Å². The quantitative estimate of drug-likeness (QED) is 0.421. The third kappa shape index (κ3) is 4.27. The Labute approximate surface area is 200 Å². The van der Waals surface area contributed by atoms with E-state index in [1.165, 1.54) is 11.8 Å². The summed E-state index contributed by atoms with van der Waals surface area (Å²) in [6, 6.07) is 24.3. The minimum atomic E-state index is -0.519. The number of amides is 1. The summed E-state index contributed by atoms with van der Waals surface area (Å²) in [7, 11) is 1.62. The van der Waals surface area contributed by atoms with Crippen molar-refractivity contribution in [2.75, 3.05) is 17.9 Å². The summed E-state index contributed by atoms with van der Waals surface area (Å²) >= 11 is 7.63. The Bertz CT molecular complexity index is 1280. The zero-order chi connectivity index (χ0) is 22.8. The number of carbonyl (C=O) groups is 1. The number of para-hydroxylation sites is 1. The molecule has 1 aliphatic heterocycles. The van der Waals surface area contributed by atoms with Crippen molar-refractivity contribution in [1.29, 1.82) is 0 Å². The number of rotatable bonds is 5. The lowest BCUT2D eigenvalue weighted by molar-refractivity contribution is -0.116. The molecule has 0 unspecified atom stereocenters. The molecule has 0 radical (unpaired) electrons. The first kappa shape index (κ1) is 21.4. The van der Waals surface area contributed by atoms with Gasteiger partial charge < -0.3 is 15.5 Å². The van der Waals surface area contributed by atoms with Crippen molar-refractivity contribution in [2.45, 2.75) is 16.4 Å². The van der Waals surface area contributed by atoms with Crippen LogP contribution in [0.3, 0.4) is 0 Å². The van der Waals surface area contributed by atoms with Crippen molar-refractivity contribution in [3.05, 3.63) is 89.4 Å². The number of hydrogen-bond acceptors (Lipinski definition) is 6. The molecule has 0 fully saturated rings. The highest BCUT2D eigenvalue weighted by atomic mass is 35.5. The summed E-state index contributed by atoms with van der Waals surface area (Å²) in [5, 5.41) is 12.2. The summed E-state index contributed by atoms with van der Waals surface area (Å²) < 4.78 is 7.14. The van der Waals surface area contributed by atoms with Crippen LogP contribution in [0.4, 0.5) is 5.69 Å². The first-order valence-electron chi connectivity index (χ1n) is 10.3. The lowest BCUT2D eigenvalue weighted by Gasteiger charge is -2.33. The number of fused-ring (bicyclic) bond motifs is 1. The van der Waals surface area contributed by atoms with Crippen LogP contribution < -0.4 is 15.5 Å². The standard InChI is InChI=1S/C24H20ClN5O2S/c1-32-17-13-11-15(12-14-17)20-21(23(31)26-19-10-6-5-9-18(19)25)33-24-28-27-22(30(24)29-20)16-7-3-2-4-8-16/h2-14,20-21,29H,1H3,(H,26,31)/t20-,21-/m1/s1. The van der Waals surface area contributed by atoms with Gasteiger partial charge >= 0.3 is 0 Å². The maximum Gasteiger partial charge on any atom is 0.240 e. The number of anilines is 1. The SMILES string of the molecule is COc1ccc([C@H]2Nn3c(nnc3-c3ccccc3)S[C@H]2C(=O)Nc2ccccc2Cl)cc1. The molecule has 5 rings (SSSR count). The summed E-state index contributed by atoms with van der Waals surface area (Å²) in [6.45, 7) is 0. The molecule has 0 bridgehead atoms. The molecule has 0 spiro atoms. The average Bonchev–Trinajstić information content (AvgIpc) is 3.28. The van der Waals surface area contributed by atoms with E-state index in [9.17, 15) is 4.79 Å². The van der Waals surface area contributed by atoms with E-state index in [2.05, 4.69) is 20.9 Å². The van der Waals surface area contributed by atoms with Crippen LogP contribution in [0.15, 0.2) is 84.0 Å². The van der Waals surface area contributed by atoms with Crippen LogP contribution in [0.25, 0.3) is 11.4 Å². The van der Waals surface area contributed by atoms with E-state index < -0.39 is 5.25 Å². The van der Waals surface area contributed by atoms with E-state index in [1.807, 2.05) is 71.4 Å². The number of carbonyl (C=O) groups excluding carboxylic acids is 1. The molecule has 0 saturated heterocycles. The van der Waals surface area contributed by atoms with Gasteiger partial charge in [-0.2, -0.15) is 0 Å². The third-order valence-electron chi connectivity index (χ3n) is 5.33. The lowest BCUT2D eigenvalue weighted by atomic mass is 10.0. The largest absolute Gasteiger partial charge is 0.497 e. The molecule has 2 atom stereocenters. The maximum absolute atomic E-state index is 13.4. The second-order valence-electron chi connectivity index (χ2n) is 7.40. The molecule has 33 heavy (non-hydrogen) atoms. The van der Waals surface area contributed by atoms with Crippen molar-refractivity contribution in [3.8, 4) is 17.1 Å². The van der Waals surface area contributed by atoms with Gasteiger partial charge in [-0.1, -0.05) is 78.0 Å². The van der Waals surface area contributed by atoms with Crippen molar-refractivity contribution < 1.29 is 9.53 Å². The van der Waals surface area contributed by atoms with Crippen LogP contribution in [0.2, 0.25) is 5.02 Å². The van der Waals surface area contributed by atoms with E-state index in [-0.39, 0.29) is 11.9 Å². The van der Waals surface area contributed by atoms with E-state index in [0.717, 1.165) is 16.9 Å². The highest BCUT2D eigenvalue weighted by molar-refractivity contribution is 8.00. The first-order valence-corrected chi connectivity index (χ1v) is 11.5. The van der Waals surface area contributed by atoms with Crippen LogP contribution in [0, 0.1) is 0 Å². The molecule has 0 aliphatic carbocycles. The molecular weight excluding hydrogens is 458 g/mol. The highest BCUT2D eigenvalue weighted by Gasteiger charge is 2.38. The van der Waals surface area contributed by atoms with Gasteiger partial charge in [0.25, 0.3) is 0 Å². The summed E-state index contributed by atoms with van der Waals surface area (Å²) in [4.78, 5) is 13.4. The minimum absolute atomic E-state index is 0.183. The number of methoxy groups -OCH3 is 1. The molecule has 1 aliphatic rings. The maximum atomic E-state index is 13.4. The van der Waals surface area contributed by atoms with E-state index in [1.54, 1.807) is 19.2 Å². The molecule has 1 amide bonds. The van der Waals surface area contributed by atoms with Gasteiger partial charge in [0.1, 0.15) is 11.0 Å². The molecule has 4 aromatic rings. The zero-order valence-electron chi connectivity index (χ0n) is 17.6. The average molecular weight is 478 g/mol. The second-order valence-corrected chi connectivity index (χ2v) is 8.91. The van der Waals surface area contributed by atoms with Crippen molar-refractivity contribution in [1.82, 2.24) is 14.9 Å². The fourth-order valence-electron chi connectivity index (χ4n) is 3.66. The topological polar surface area (TPSA) is 81.1 Å². The Hall–Kier alpha value is -3.49. The zero-order valence-corrected chi connectivity index (χ0v) is 19.2. The Balaban J connectivity index is 1.52. The van der Waals surface area contributed by atoms with E-state index in [4.69, 9.17) is 16.3 Å².